The summed E-state index contributed by atoms with van der Waals surface area (Å²) in [5.74, 6) is -0.415. The van der Waals surface area contributed by atoms with Crippen LogP contribution in [0.3, 0.4) is 0 Å². The summed E-state index contributed by atoms with van der Waals surface area (Å²) >= 11 is 0. The second-order valence-corrected chi connectivity index (χ2v) is 10.9. The van der Waals surface area contributed by atoms with Gasteiger partial charge in [-0.05, 0) is 48.4 Å². The Morgan fingerprint density at radius 1 is 1.18 bits per heavy atom. The Morgan fingerprint density at radius 2 is 1.97 bits per heavy atom. The highest BCUT2D eigenvalue weighted by Crippen LogP contribution is 2.37. The molecule has 1 saturated heterocycles. The first-order valence-corrected chi connectivity index (χ1v) is 13.0. The minimum Gasteiger partial charge on any atom is -0.497 e. The average Bonchev–Trinajstić information content (AvgIpc) is 3.14. The zero-order valence-corrected chi connectivity index (χ0v) is 19.8. The summed E-state index contributed by atoms with van der Waals surface area (Å²) in [4.78, 5) is 2.23. The molecule has 3 atom stereocenters. The van der Waals surface area contributed by atoms with Crippen LogP contribution in [-0.2, 0) is 27.7 Å². The minimum atomic E-state index is -3.50. The lowest BCUT2D eigenvalue weighted by Gasteiger charge is -2.41. The molecule has 2 aliphatic heterocycles. The van der Waals surface area contributed by atoms with Gasteiger partial charge in [0.25, 0.3) is 0 Å². The Bertz CT molecular complexity index is 1360. The van der Waals surface area contributed by atoms with Gasteiger partial charge in [-0.25, -0.2) is 21.2 Å². The van der Waals surface area contributed by atoms with Gasteiger partial charge >= 0.3 is 0 Å². The monoisotopic (exact) mass is 491 g/mol. The summed E-state index contributed by atoms with van der Waals surface area (Å²) in [6.07, 6.45) is 1.59. The zero-order chi connectivity index (χ0) is 24.2. The van der Waals surface area contributed by atoms with Crippen LogP contribution in [0.2, 0.25) is 0 Å². The number of hydrogen-bond acceptors (Lipinski definition) is 6. The van der Waals surface area contributed by atoms with Gasteiger partial charge in [-0.3, -0.25) is 4.90 Å². The van der Waals surface area contributed by atoms with Crippen LogP contribution in [0.1, 0.15) is 29.3 Å². The molecule has 0 bridgehead atoms. The Morgan fingerprint density at radius 3 is 2.68 bits per heavy atom. The van der Waals surface area contributed by atoms with Crippen molar-refractivity contribution in [1.82, 2.24) is 8.87 Å². The van der Waals surface area contributed by atoms with E-state index in [1.54, 1.807) is 19.2 Å². The van der Waals surface area contributed by atoms with E-state index in [0.717, 1.165) is 34.8 Å². The Hall–Kier alpha value is -2.53. The molecule has 2 N–H and O–H groups in total. The molecule has 0 radical (unpaired) electrons. The maximum Gasteiger partial charge on any atom is 0.236 e. The first-order chi connectivity index (χ1) is 16.2. The van der Waals surface area contributed by atoms with Crippen molar-refractivity contribution in [3.8, 4) is 5.75 Å². The van der Waals surface area contributed by atoms with Gasteiger partial charge < -0.3 is 15.2 Å². The molecule has 7 nitrogen and oxygen atoms in total. The van der Waals surface area contributed by atoms with E-state index >= 15 is 0 Å². The minimum absolute atomic E-state index is 0.0294. The van der Waals surface area contributed by atoms with E-state index in [1.807, 2.05) is 6.07 Å². The van der Waals surface area contributed by atoms with Crippen molar-refractivity contribution < 1.29 is 26.7 Å². The highest BCUT2D eigenvalue weighted by molar-refractivity contribution is 7.89. The number of benzene rings is 2. The molecule has 0 spiro atoms. The Balaban J connectivity index is 1.43. The van der Waals surface area contributed by atoms with Crippen LogP contribution in [0.5, 0.6) is 5.75 Å². The molecule has 1 aromatic heterocycles. The van der Waals surface area contributed by atoms with Crippen molar-refractivity contribution >= 4 is 20.9 Å². The van der Waals surface area contributed by atoms with E-state index in [1.165, 1.54) is 10.2 Å². The summed E-state index contributed by atoms with van der Waals surface area (Å²) < 4.78 is 65.9. The topological polar surface area (TPSA) is 86.8 Å². The highest BCUT2D eigenvalue weighted by atomic mass is 32.2. The van der Waals surface area contributed by atoms with Crippen LogP contribution >= 0.6 is 0 Å². The van der Waals surface area contributed by atoms with Crippen molar-refractivity contribution in [3.63, 3.8) is 0 Å². The molecule has 2 aromatic carbocycles. The molecule has 0 amide bonds. The number of fused-ring (bicyclic) bond motifs is 3. The molecule has 5 rings (SSSR count). The number of halogens is 2. The van der Waals surface area contributed by atoms with Gasteiger partial charge in [-0.1, -0.05) is 0 Å². The molecule has 2 aliphatic rings. The first-order valence-electron chi connectivity index (χ1n) is 11.1. The van der Waals surface area contributed by atoms with Crippen LogP contribution < -0.4 is 10.5 Å². The molecule has 1 fully saturated rings. The zero-order valence-electron chi connectivity index (χ0n) is 19.0. The Kier molecular flexibility index (Phi) is 5.87. The summed E-state index contributed by atoms with van der Waals surface area (Å²) in [6.45, 7) is 1.48. The van der Waals surface area contributed by atoms with Crippen LogP contribution in [0.25, 0.3) is 10.9 Å². The summed E-state index contributed by atoms with van der Waals surface area (Å²) in [6, 6.07) is 8.16. The Labute approximate surface area is 197 Å². The van der Waals surface area contributed by atoms with Gasteiger partial charge in [0.15, 0.2) is 0 Å². The molecule has 34 heavy (non-hydrogen) atoms. The quantitative estimate of drug-likeness (QED) is 0.604. The predicted octanol–water partition coefficient (Wildman–Crippen LogP) is 2.95. The highest BCUT2D eigenvalue weighted by Gasteiger charge is 2.37. The number of nitrogens with two attached hydrogens (primary N) is 1. The summed E-state index contributed by atoms with van der Waals surface area (Å²) in [5, 5.41) is 0.838. The number of hydrogen-bond donors (Lipinski definition) is 1. The van der Waals surface area contributed by atoms with E-state index in [-0.39, 0.29) is 11.6 Å². The maximum absolute atomic E-state index is 14.3. The molecule has 0 aliphatic carbocycles. The van der Waals surface area contributed by atoms with E-state index < -0.39 is 33.8 Å². The van der Waals surface area contributed by atoms with Crippen molar-refractivity contribution in [2.24, 2.45) is 5.73 Å². The molecule has 3 aromatic rings. The molecular weight excluding hydrogens is 464 g/mol. The van der Waals surface area contributed by atoms with E-state index in [0.29, 0.717) is 43.8 Å². The smallest absolute Gasteiger partial charge is 0.236 e. The van der Waals surface area contributed by atoms with Crippen LogP contribution in [-0.4, -0.2) is 55.9 Å². The predicted molar refractivity (Wildman–Crippen MR) is 124 cm³/mol. The molecule has 10 heteroatoms. The van der Waals surface area contributed by atoms with Crippen LogP contribution in [0.15, 0.2) is 36.4 Å². The second-order valence-electron chi connectivity index (χ2n) is 9.03. The molecular formula is C24H27F2N3O4S. The lowest BCUT2D eigenvalue weighted by Crippen LogP contribution is -2.50. The van der Waals surface area contributed by atoms with E-state index in [2.05, 4.69) is 4.90 Å². The van der Waals surface area contributed by atoms with E-state index in [4.69, 9.17) is 15.2 Å². The molecule has 0 unspecified atom stereocenters. The van der Waals surface area contributed by atoms with Crippen molar-refractivity contribution in [2.75, 3.05) is 26.5 Å². The van der Waals surface area contributed by atoms with Crippen molar-refractivity contribution in [3.05, 3.63) is 64.9 Å². The number of nitrogens with zero attached hydrogens (tertiary/aromatic N) is 2. The number of ether oxygens (including phenoxy) is 2. The third-order valence-corrected chi connectivity index (χ3v) is 7.93. The number of methoxy groups -OCH3 is 1. The fraction of sp³-hybridized carbons (Fsp3) is 0.417. The lowest BCUT2D eigenvalue weighted by atomic mass is 9.92. The third-order valence-electron chi connectivity index (χ3n) is 6.85. The fourth-order valence-corrected chi connectivity index (χ4v) is 6.41. The molecule has 0 saturated carbocycles. The van der Waals surface area contributed by atoms with Gasteiger partial charge in [0.2, 0.25) is 10.0 Å². The SMILES string of the molecule is COc1ccc2c(c1)c1c(n2S(C)(=O)=O)CCN([C@H]2CO[C@H](c3cc(F)ccc3F)[C@@H](N)C2)C1. The largest absolute Gasteiger partial charge is 0.497 e. The van der Waals surface area contributed by atoms with Gasteiger partial charge in [0.05, 0.1) is 25.5 Å². The van der Waals surface area contributed by atoms with Crippen molar-refractivity contribution in [2.45, 2.75) is 37.6 Å². The normalized spacial score (nSPS) is 23.7. The van der Waals surface area contributed by atoms with E-state index in [9.17, 15) is 17.2 Å². The van der Waals surface area contributed by atoms with Gasteiger partial charge in [0, 0.05) is 48.2 Å². The average molecular weight is 492 g/mol. The molecule has 182 valence electrons. The van der Waals surface area contributed by atoms with Crippen LogP contribution in [0, 0.1) is 11.6 Å². The van der Waals surface area contributed by atoms with Gasteiger partial charge in [-0.2, -0.15) is 0 Å². The van der Waals surface area contributed by atoms with Crippen molar-refractivity contribution in [1.29, 1.82) is 0 Å². The van der Waals surface area contributed by atoms with Gasteiger partial charge in [0.1, 0.15) is 23.5 Å². The summed E-state index contributed by atoms with van der Waals surface area (Å²) in [7, 11) is -1.92. The maximum atomic E-state index is 14.3. The van der Waals surface area contributed by atoms with Gasteiger partial charge in [-0.15, -0.1) is 0 Å². The number of rotatable bonds is 4. The summed E-state index contributed by atoms with van der Waals surface area (Å²) in [5.41, 5.74) is 8.86. The lowest BCUT2D eigenvalue weighted by molar-refractivity contribution is -0.0547. The second kappa shape index (κ2) is 8.60. The fourth-order valence-electron chi connectivity index (χ4n) is 5.29. The number of aromatic nitrogens is 1. The standard InChI is InChI=1S/C24H27F2N3O4S/c1-32-16-4-6-22-17(11-16)19-12-28(8-7-23(19)29(22)34(2,30)31)15-10-21(27)24(33-13-15)18-9-14(25)3-5-20(18)26/h3-6,9,11,15,21,24H,7-8,10,12-13,27H2,1-2H3/t15-,21+,24-/m1/s1. The van der Waals surface area contributed by atoms with Crippen LogP contribution in [0.4, 0.5) is 8.78 Å². The molecule has 3 heterocycles. The first kappa shape index (κ1) is 23.2. The third kappa shape index (κ3) is 3.98.